The molecule has 0 unspecified atom stereocenters. The molecule has 1 aromatic carbocycles. The van der Waals surface area contributed by atoms with Crippen molar-refractivity contribution in [2.75, 3.05) is 26.7 Å². The highest BCUT2D eigenvalue weighted by atomic mass is 32.2. The van der Waals surface area contributed by atoms with Crippen molar-refractivity contribution in [2.24, 2.45) is 0 Å². The fourth-order valence-corrected chi connectivity index (χ4v) is 3.70. The summed E-state index contributed by atoms with van der Waals surface area (Å²) < 4.78 is 39.2. The second kappa shape index (κ2) is 11.3. The third kappa shape index (κ3) is 6.34. The number of imide groups is 1. The van der Waals surface area contributed by atoms with Gasteiger partial charge in [-0.1, -0.05) is 6.07 Å². The number of hydrogen-bond acceptors (Lipinski definition) is 8. The van der Waals surface area contributed by atoms with Crippen molar-refractivity contribution in [3.05, 3.63) is 52.8 Å². The Bertz CT molecular complexity index is 1110. The summed E-state index contributed by atoms with van der Waals surface area (Å²) in [5.74, 6) is -1.70. The van der Waals surface area contributed by atoms with Gasteiger partial charge < -0.3 is 24.5 Å². The molecule has 0 spiro atoms. The van der Waals surface area contributed by atoms with Gasteiger partial charge in [0.2, 0.25) is 5.91 Å². The summed E-state index contributed by atoms with van der Waals surface area (Å²) in [7, 11) is 1.28. The highest BCUT2D eigenvalue weighted by molar-refractivity contribution is 8.18. The van der Waals surface area contributed by atoms with E-state index in [1.165, 1.54) is 49.8 Å². The molecule has 2 aromatic rings. The Morgan fingerprint density at radius 1 is 1.21 bits per heavy atom. The maximum Gasteiger partial charge on any atom is 0.387 e. The summed E-state index contributed by atoms with van der Waals surface area (Å²) in [6.45, 7) is -3.43. The van der Waals surface area contributed by atoms with Crippen LogP contribution in [-0.2, 0) is 9.59 Å². The first-order chi connectivity index (χ1) is 16.3. The van der Waals surface area contributed by atoms with Crippen LogP contribution in [0.2, 0.25) is 0 Å². The lowest BCUT2D eigenvalue weighted by Gasteiger charge is -2.13. The second-order valence-corrected chi connectivity index (χ2v) is 7.63. The van der Waals surface area contributed by atoms with E-state index in [1.54, 1.807) is 0 Å². The molecule has 4 amide bonds. The number of ether oxygens (including phenoxy) is 2. The molecule has 1 saturated heterocycles. The largest absolute Gasteiger partial charge is 0.493 e. The van der Waals surface area contributed by atoms with E-state index in [0.29, 0.717) is 17.3 Å². The van der Waals surface area contributed by atoms with Crippen LogP contribution in [0.1, 0.15) is 16.1 Å². The van der Waals surface area contributed by atoms with E-state index in [4.69, 9.17) is 9.15 Å². The number of furan rings is 1. The molecule has 0 atom stereocenters. The van der Waals surface area contributed by atoms with Crippen molar-refractivity contribution in [3.8, 4) is 11.5 Å². The summed E-state index contributed by atoms with van der Waals surface area (Å²) in [6, 6.07) is 7.07. The summed E-state index contributed by atoms with van der Waals surface area (Å²) >= 11 is 0.703. The van der Waals surface area contributed by atoms with Gasteiger partial charge in [0.1, 0.15) is 0 Å². The number of hydrogen-bond donors (Lipinski definition) is 2. The zero-order valence-corrected chi connectivity index (χ0v) is 18.5. The number of nitrogens with zero attached hydrogens (tertiary/aromatic N) is 1. The van der Waals surface area contributed by atoms with Crippen molar-refractivity contribution >= 4 is 40.8 Å². The molecule has 2 heterocycles. The van der Waals surface area contributed by atoms with Crippen LogP contribution < -0.4 is 20.1 Å². The van der Waals surface area contributed by atoms with E-state index in [-0.39, 0.29) is 41.8 Å². The highest BCUT2D eigenvalue weighted by Gasteiger charge is 2.34. The molecule has 34 heavy (non-hydrogen) atoms. The third-order valence-electron chi connectivity index (χ3n) is 4.39. The molecule has 180 valence electrons. The number of alkyl halides is 2. The number of thioether (sulfide) groups is 1. The van der Waals surface area contributed by atoms with Crippen molar-refractivity contribution in [3.63, 3.8) is 0 Å². The molecule has 1 fully saturated rings. The Kier molecular flexibility index (Phi) is 8.24. The van der Waals surface area contributed by atoms with Crippen LogP contribution >= 0.6 is 11.8 Å². The van der Waals surface area contributed by atoms with Crippen LogP contribution in [0.5, 0.6) is 11.5 Å². The molecule has 0 radical (unpaired) electrons. The molecule has 13 heteroatoms. The molecular weight excluding hydrogens is 476 g/mol. The van der Waals surface area contributed by atoms with Crippen LogP contribution in [-0.4, -0.2) is 61.2 Å². The van der Waals surface area contributed by atoms with E-state index in [1.807, 2.05) is 0 Å². The van der Waals surface area contributed by atoms with Crippen molar-refractivity contribution < 1.29 is 41.8 Å². The fraction of sp³-hybridized carbons (Fsp3) is 0.238. The zero-order valence-electron chi connectivity index (χ0n) is 17.7. The molecule has 1 aromatic heterocycles. The van der Waals surface area contributed by atoms with E-state index in [9.17, 15) is 28.0 Å². The van der Waals surface area contributed by atoms with Gasteiger partial charge in [0.05, 0.1) is 24.8 Å². The van der Waals surface area contributed by atoms with Gasteiger partial charge >= 0.3 is 6.61 Å². The number of methoxy groups -OCH3 is 1. The lowest BCUT2D eigenvalue weighted by Crippen LogP contribution is -2.41. The Balaban J connectivity index is 1.52. The molecule has 10 nitrogen and oxygen atoms in total. The number of halogens is 2. The number of benzene rings is 1. The number of carbonyl (C=O) groups is 4. The van der Waals surface area contributed by atoms with Gasteiger partial charge in [0.25, 0.3) is 17.1 Å². The molecule has 3 rings (SSSR count). The van der Waals surface area contributed by atoms with Gasteiger partial charge in [-0.05, 0) is 47.7 Å². The van der Waals surface area contributed by atoms with Crippen LogP contribution in [0, 0.1) is 0 Å². The Labute approximate surface area is 196 Å². The van der Waals surface area contributed by atoms with Gasteiger partial charge in [-0.15, -0.1) is 0 Å². The number of amides is 4. The minimum absolute atomic E-state index is 0.0196. The first kappa shape index (κ1) is 24.8. The minimum Gasteiger partial charge on any atom is -0.493 e. The lowest BCUT2D eigenvalue weighted by atomic mass is 10.2. The quantitative estimate of drug-likeness (QED) is 0.482. The van der Waals surface area contributed by atoms with Gasteiger partial charge in [0.15, 0.2) is 17.3 Å². The van der Waals surface area contributed by atoms with Gasteiger partial charge in [-0.2, -0.15) is 8.78 Å². The van der Waals surface area contributed by atoms with E-state index >= 15 is 0 Å². The van der Waals surface area contributed by atoms with Crippen molar-refractivity contribution in [1.29, 1.82) is 0 Å². The van der Waals surface area contributed by atoms with Crippen LogP contribution in [0.15, 0.2) is 45.9 Å². The summed E-state index contributed by atoms with van der Waals surface area (Å²) in [6.07, 6.45) is 2.75. The predicted molar refractivity (Wildman–Crippen MR) is 116 cm³/mol. The van der Waals surface area contributed by atoms with Crippen molar-refractivity contribution in [1.82, 2.24) is 15.5 Å². The molecule has 0 bridgehead atoms. The predicted octanol–water partition coefficient (Wildman–Crippen LogP) is 2.47. The average Bonchev–Trinajstić information content (AvgIpc) is 3.43. The third-order valence-corrected chi connectivity index (χ3v) is 5.29. The van der Waals surface area contributed by atoms with E-state index in [0.717, 1.165) is 4.90 Å². The molecule has 0 aliphatic carbocycles. The van der Waals surface area contributed by atoms with Gasteiger partial charge in [0, 0.05) is 13.1 Å². The van der Waals surface area contributed by atoms with Gasteiger partial charge in [-0.25, -0.2) is 0 Å². The first-order valence-electron chi connectivity index (χ1n) is 9.75. The Morgan fingerprint density at radius 3 is 2.68 bits per heavy atom. The standard InChI is InChI=1S/C21H19F2N3O7S/c1-31-15-9-12(4-5-13(15)33-20(22)23)10-16-19(29)26(21(30)34-16)7-6-24-17(27)11-25-18(28)14-3-2-8-32-14/h2-5,8-10,20H,6-7,11H2,1H3,(H,24,27)(H,25,28)/b16-10-. The lowest BCUT2D eigenvalue weighted by molar-refractivity contribution is -0.124. The van der Waals surface area contributed by atoms with E-state index < -0.39 is 29.6 Å². The molecule has 0 saturated carbocycles. The highest BCUT2D eigenvalue weighted by Crippen LogP contribution is 2.34. The van der Waals surface area contributed by atoms with Crippen molar-refractivity contribution in [2.45, 2.75) is 6.61 Å². The Morgan fingerprint density at radius 2 is 2.00 bits per heavy atom. The molecule has 2 N–H and O–H groups in total. The molecular formula is C21H19F2N3O7S. The van der Waals surface area contributed by atoms with Crippen LogP contribution in [0.25, 0.3) is 6.08 Å². The smallest absolute Gasteiger partial charge is 0.387 e. The fourth-order valence-electron chi connectivity index (χ4n) is 2.84. The van der Waals surface area contributed by atoms with E-state index in [2.05, 4.69) is 15.4 Å². The maximum atomic E-state index is 12.6. The maximum absolute atomic E-state index is 12.6. The monoisotopic (exact) mass is 495 g/mol. The molecule has 1 aliphatic rings. The SMILES string of the molecule is COc1cc(/C=C2\SC(=O)N(CCNC(=O)CNC(=O)c3ccco3)C2=O)ccc1OC(F)F. The van der Waals surface area contributed by atoms with Crippen LogP contribution in [0.3, 0.4) is 0 Å². The summed E-state index contributed by atoms with van der Waals surface area (Å²) in [5, 5.41) is 4.35. The molecule has 1 aliphatic heterocycles. The topological polar surface area (TPSA) is 127 Å². The number of nitrogens with one attached hydrogen (secondary N) is 2. The second-order valence-electron chi connectivity index (χ2n) is 6.63. The van der Waals surface area contributed by atoms with Crippen LogP contribution in [0.4, 0.5) is 13.6 Å². The minimum atomic E-state index is -3.02. The normalized spacial score (nSPS) is 14.6. The van der Waals surface area contributed by atoms with Gasteiger partial charge in [-0.3, -0.25) is 24.1 Å². The zero-order chi connectivity index (χ0) is 24.7. The Hall–Kier alpha value is -3.87. The summed E-state index contributed by atoms with van der Waals surface area (Å²) in [5.41, 5.74) is 0.435. The average molecular weight is 495 g/mol. The number of carbonyl (C=O) groups excluding carboxylic acids is 4. The number of rotatable bonds is 10. The summed E-state index contributed by atoms with van der Waals surface area (Å²) in [4.78, 5) is 49.5. The first-order valence-corrected chi connectivity index (χ1v) is 10.6.